The molecule has 0 atom stereocenters. The number of pyridine rings is 1. The quantitative estimate of drug-likeness (QED) is 0.832. The molecular formula is C15H16ClNO2. The van der Waals surface area contributed by atoms with Gasteiger partial charge < -0.3 is 5.11 Å². The SMILES string of the molecule is Cc1cc(C)c2nc(Cl)c(C(=O)O)c(C(C)C)c2c1. The molecule has 1 aromatic heterocycles. The fourth-order valence-corrected chi connectivity index (χ4v) is 2.78. The molecule has 2 aromatic rings. The van der Waals surface area contributed by atoms with Crippen LogP contribution < -0.4 is 0 Å². The van der Waals surface area contributed by atoms with Crippen molar-refractivity contribution in [3.63, 3.8) is 0 Å². The zero-order chi connectivity index (χ0) is 14.3. The second kappa shape index (κ2) is 4.82. The largest absolute Gasteiger partial charge is 0.478 e. The number of carboxylic acids is 1. The van der Waals surface area contributed by atoms with Crippen LogP contribution in [0.5, 0.6) is 0 Å². The molecule has 3 nitrogen and oxygen atoms in total. The van der Waals surface area contributed by atoms with Crippen molar-refractivity contribution in [1.82, 2.24) is 4.98 Å². The fourth-order valence-electron chi connectivity index (χ4n) is 2.52. The zero-order valence-electron chi connectivity index (χ0n) is 11.4. The van der Waals surface area contributed by atoms with Crippen molar-refractivity contribution in [2.75, 3.05) is 0 Å². The topological polar surface area (TPSA) is 50.2 Å². The number of aryl methyl sites for hydroxylation is 2. The van der Waals surface area contributed by atoms with E-state index in [4.69, 9.17) is 11.6 Å². The van der Waals surface area contributed by atoms with Crippen molar-refractivity contribution in [1.29, 1.82) is 0 Å². The second-order valence-corrected chi connectivity index (χ2v) is 5.49. The van der Waals surface area contributed by atoms with E-state index in [1.54, 1.807) is 0 Å². The molecule has 1 N–H and O–H groups in total. The molecule has 0 saturated carbocycles. The highest BCUT2D eigenvalue weighted by Gasteiger charge is 2.22. The minimum atomic E-state index is -1.03. The van der Waals surface area contributed by atoms with Crippen LogP contribution in [0.25, 0.3) is 10.9 Å². The maximum absolute atomic E-state index is 11.4. The van der Waals surface area contributed by atoms with Crippen LogP contribution in [-0.2, 0) is 0 Å². The van der Waals surface area contributed by atoms with Gasteiger partial charge in [0.2, 0.25) is 0 Å². The van der Waals surface area contributed by atoms with Crippen LogP contribution in [-0.4, -0.2) is 16.1 Å². The molecule has 0 bridgehead atoms. The minimum Gasteiger partial charge on any atom is -0.478 e. The van der Waals surface area contributed by atoms with Crippen molar-refractivity contribution in [3.05, 3.63) is 39.5 Å². The van der Waals surface area contributed by atoms with E-state index >= 15 is 0 Å². The summed E-state index contributed by atoms with van der Waals surface area (Å²) < 4.78 is 0. The van der Waals surface area contributed by atoms with Crippen molar-refractivity contribution in [2.24, 2.45) is 0 Å². The maximum atomic E-state index is 11.4. The lowest BCUT2D eigenvalue weighted by Crippen LogP contribution is -2.08. The van der Waals surface area contributed by atoms with E-state index in [0.29, 0.717) is 0 Å². The molecule has 0 amide bonds. The highest BCUT2D eigenvalue weighted by Crippen LogP contribution is 2.34. The van der Waals surface area contributed by atoms with Gasteiger partial charge in [0.25, 0.3) is 0 Å². The summed E-state index contributed by atoms with van der Waals surface area (Å²) in [7, 11) is 0. The lowest BCUT2D eigenvalue weighted by Gasteiger charge is -2.16. The van der Waals surface area contributed by atoms with Crippen LogP contribution in [0.1, 0.15) is 46.8 Å². The first-order chi connectivity index (χ1) is 8.82. The van der Waals surface area contributed by atoms with Gasteiger partial charge in [-0.2, -0.15) is 0 Å². The Hall–Kier alpha value is -1.61. The van der Waals surface area contributed by atoms with E-state index in [0.717, 1.165) is 27.6 Å². The van der Waals surface area contributed by atoms with Crippen molar-refractivity contribution < 1.29 is 9.90 Å². The second-order valence-electron chi connectivity index (χ2n) is 5.13. The first-order valence-electron chi connectivity index (χ1n) is 6.16. The van der Waals surface area contributed by atoms with E-state index in [9.17, 15) is 9.90 Å². The van der Waals surface area contributed by atoms with Gasteiger partial charge in [0.15, 0.2) is 0 Å². The standard InChI is InChI=1S/C15H16ClNO2/c1-7(2)11-10-6-8(3)5-9(4)13(10)17-14(16)12(11)15(18)19/h5-7H,1-4H3,(H,18,19). The van der Waals surface area contributed by atoms with Crippen molar-refractivity contribution in [2.45, 2.75) is 33.6 Å². The van der Waals surface area contributed by atoms with Crippen LogP contribution in [0.4, 0.5) is 0 Å². The van der Waals surface area contributed by atoms with Crippen molar-refractivity contribution in [3.8, 4) is 0 Å². The van der Waals surface area contributed by atoms with Gasteiger partial charge >= 0.3 is 5.97 Å². The van der Waals surface area contributed by atoms with Gasteiger partial charge in [-0.05, 0) is 37.0 Å². The third-order valence-corrected chi connectivity index (χ3v) is 3.49. The van der Waals surface area contributed by atoms with Gasteiger partial charge in [-0.1, -0.05) is 37.1 Å². The third kappa shape index (κ3) is 2.30. The van der Waals surface area contributed by atoms with E-state index in [1.165, 1.54) is 0 Å². The number of carboxylic acid groups (broad SMARTS) is 1. The van der Waals surface area contributed by atoms with Crippen LogP contribution in [0.2, 0.25) is 5.15 Å². The van der Waals surface area contributed by atoms with Gasteiger partial charge in [-0.15, -0.1) is 0 Å². The number of halogens is 1. The molecular weight excluding hydrogens is 262 g/mol. The van der Waals surface area contributed by atoms with Gasteiger partial charge in [-0.25, -0.2) is 9.78 Å². The van der Waals surface area contributed by atoms with Gasteiger partial charge in [0.05, 0.1) is 5.52 Å². The fraction of sp³-hybridized carbons (Fsp3) is 0.333. The van der Waals surface area contributed by atoms with Crippen molar-refractivity contribution >= 4 is 28.5 Å². The molecule has 19 heavy (non-hydrogen) atoms. The number of fused-ring (bicyclic) bond motifs is 1. The number of aromatic carboxylic acids is 1. The summed E-state index contributed by atoms with van der Waals surface area (Å²) >= 11 is 6.07. The number of benzene rings is 1. The molecule has 2 rings (SSSR count). The number of rotatable bonds is 2. The van der Waals surface area contributed by atoms with E-state index < -0.39 is 5.97 Å². The minimum absolute atomic E-state index is 0.0651. The molecule has 0 aliphatic rings. The first kappa shape index (κ1) is 13.8. The Bertz CT molecular complexity index is 678. The smallest absolute Gasteiger partial charge is 0.339 e. The molecule has 1 heterocycles. The molecule has 0 fully saturated rings. The summed E-state index contributed by atoms with van der Waals surface area (Å²) in [6.45, 7) is 7.89. The average Bonchev–Trinajstić information content (AvgIpc) is 2.27. The Labute approximate surface area is 117 Å². The number of hydrogen-bond donors (Lipinski definition) is 1. The number of carbonyl (C=O) groups is 1. The van der Waals surface area contributed by atoms with Gasteiger partial charge in [0, 0.05) is 5.39 Å². The lowest BCUT2D eigenvalue weighted by atomic mass is 9.92. The number of aromatic nitrogens is 1. The molecule has 100 valence electrons. The molecule has 4 heteroatoms. The van der Waals surface area contributed by atoms with Gasteiger partial charge in [0.1, 0.15) is 10.7 Å². The molecule has 1 aromatic carbocycles. The summed E-state index contributed by atoms with van der Waals surface area (Å²) in [5.74, 6) is -0.961. The van der Waals surface area contributed by atoms with Crippen LogP contribution in [0, 0.1) is 13.8 Å². The molecule has 0 saturated heterocycles. The summed E-state index contributed by atoms with van der Waals surface area (Å²) in [6.07, 6.45) is 0. The van der Waals surface area contributed by atoms with E-state index in [1.807, 2.05) is 39.8 Å². The lowest BCUT2D eigenvalue weighted by molar-refractivity contribution is 0.0695. The Morgan fingerprint density at radius 2 is 1.95 bits per heavy atom. The number of nitrogens with zero attached hydrogens (tertiary/aromatic N) is 1. The maximum Gasteiger partial charge on any atom is 0.339 e. The summed E-state index contributed by atoms with van der Waals surface area (Å²) in [6, 6.07) is 4.00. The summed E-state index contributed by atoms with van der Waals surface area (Å²) in [5.41, 5.74) is 3.76. The Morgan fingerprint density at radius 1 is 1.32 bits per heavy atom. The predicted octanol–water partition coefficient (Wildman–Crippen LogP) is 4.33. The average molecular weight is 278 g/mol. The van der Waals surface area contributed by atoms with Crippen LogP contribution >= 0.6 is 11.6 Å². The van der Waals surface area contributed by atoms with E-state index in [2.05, 4.69) is 4.98 Å². The molecule has 0 spiro atoms. The summed E-state index contributed by atoms with van der Waals surface area (Å²) in [5, 5.41) is 10.3. The van der Waals surface area contributed by atoms with Crippen LogP contribution in [0.3, 0.4) is 0 Å². The van der Waals surface area contributed by atoms with Crippen LogP contribution in [0.15, 0.2) is 12.1 Å². The third-order valence-electron chi connectivity index (χ3n) is 3.21. The zero-order valence-corrected chi connectivity index (χ0v) is 12.2. The summed E-state index contributed by atoms with van der Waals surface area (Å²) in [4.78, 5) is 15.7. The normalized spacial score (nSPS) is 11.3. The van der Waals surface area contributed by atoms with E-state index in [-0.39, 0.29) is 16.6 Å². The Kier molecular flexibility index (Phi) is 3.50. The Balaban J connectivity index is 3.03. The predicted molar refractivity (Wildman–Crippen MR) is 77.3 cm³/mol. The molecule has 0 aliphatic carbocycles. The molecule has 0 radical (unpaired) electrons. The Morgan fingerprint density at radius 3 is 2.47 bits per heavy atom. The molecule has 0 aliphatic heterocycles. The number of hydrogen-bond acceptors (Lipinski definition) is 2. The first-order valence-corrected chi connectivity index (χ1v) is 6.54. The highest BCUT2D eigenvalue weighted by atomic mass is 35.5. The van der Waals surface area contributed by atoms with Gasteiger partial charge in [-0.3, -0.25) is 0 Å². The monoisotopic (exact) mass is 277 g/mol. The molecule has 0 unspecified atom stereocenters. The highest BCUT2D eigenvalue weighted by molar-refractivity contribution is 6.33.